The fourth-order valence-electron chi connectivity index (χ4n) is 1.96. The summed E-state index contributed by atoms with van der Waals surface area (Å²) in [5.74, 6) is 0.459. The number of ether oxygens (including phenoxy) is 1. The van der Waals surface area contributed by atoms with Gasteiger partial charge in [-0.1, -0.05) is 11.6 Å². The van der Waals surface area contributed by atoms with Crippen LogP contribution in [0.5, 0.6) is 5.75 Å². The average molecular weight is 272 g/mol. The van der Waals surface area contributed by atoms with Gasteiger partial charge in [-0.05, 0) is 62.9 Å². The first-order chi connectivity index (χ1) is 9.54. The Kier molecular flexibility index (Phi) is 4.56. The van der Waals surface area contributed by atoms with Crippen LogP contribution >= 0.6 is 0 Å². The molecule has 2 rings (SSSR count). The highest BCUT2D eigenvalue weighted by molar-refractivity contribution is 5.98. The summed E-state index contributed by atoms with van der Waals surface area (Å²) in [7, 11) is 0. The summed E-state index contributed by atoms with van der Waals surface area (Å²) in [5, 5.41) is 4.08. The smallest absolute Gasteiger partial charge is 0.277 e. The molecule has 0 spiro atoms. The maximum atomic E-state index is 11.6. The third-order valence-corrected chi connectivity index (χ3v) is 3.36. The molecule has 0 unspecified atom stereocenters. The Bertz CT molecular complexity index is 574. The van der Waals surface area contributed by atoms with Crippen molar-refractivity contribution in [2.24, 2.45) is 5.10 Å². The predicted molar refractivity (Wildman–Crippen MR) is 80.0 cm³/mol. The number of allylic oxidation sites excluding steroid dienone is 2. The number of carbonyl (C=O) groups excluding carboxylic acids is 1. The summed E-state index contributed by atoms with van der Waals surface area (Å²) in [6.45, 7) is 6.09. The molecule has 1 aliphatic carbocycles. The van der Waals surface area contributed by atoms with Crippen molar-refractivity contribution >= 4 is 11.6 Å². The van der Waals surface area contributed by atoms with Gasteiger partial charge in [-0.25, -0.2) is 5.43 Å². The molecule has 0 atom stereocenters. The lowest BCUT2D eigenvalue weighted by atomic mass is 10.1. The van der Waals surface area contributed by atoms with Crippen LogP contribution in [0.2, 0.25) is 0 Å². The second kappa shape index (κ2) is 6.37. The molecule has 0 saturated carbocycles. The number of carbonyl (C=O) groups is 1. The molecule has 4 heteroatoms. The van der Waals surface area contributed by atoms with Crippen molar-refractivity contribution in [1.82, 2.24) is 5.43 Å². The summed E-state index contributed by atoms with van der Waals surface area (Å²) in [4.78, 5) is 11.6. The van der Waals surface area contributed by atoms with Gasteiger partial charge in [-0.15, -0.1) is 0 Å². The molecule has 106 valence electrons. The highest BCUT2D eigenvalue weighted by atomic mass is 16.5. The minimum Gasteiger partial charge on any atom is -0.484 e. The molecule has 0 aromatic heterocycles. The van der Waals surface area contributed by atoms with E-state index in [4.69, 9.17) is 4.74 Å². The normalized spacial score (nSPS) is 16.1. The molecule has 1 aromatic rings. The summed E-state index contributed by atoms with van der Waals surface area (Å²) >= 11 is 0. The Morgan fingerprint density at radius 2 is 2.05 bits per heavy atom. The van der Waals surface area contributed by atoms with Crippen LogP contribution in [0.25, 0.3) is 0 Å². The van der Waals surface area contributed by atoms with E-state index in [1.54, 1.807) is 0 Å². The van der Waals surface area contributed by atoms with Gasteiger partial charge < -0.3 is 4.74 Å². The first-order valence-corrected chi connectivity index (χ1v) is 6.77. The van der Waals surface area contributed by atoms with E-state index in [1.165, 1.54) is 11.1 Å². The van der Waals surface area contributed by atoms with Crippen molar-refractivity contribution in [2.75, 3.05) is 6.61 Å². The number of benzene rings is 1. The molecule has 0 heterocycles. The number of hydrazone groups is 1. The summed E-state index contributed by atoms with van der Waals surface area (Å²) in [6, 6.07) is 5.77. The number of aryl methyl sites for hydroxylation is 2. The van der Waals surface area contributed by atoms with Gasteiger partial charge in [0.05, 0.1) is 5.71 Å². The van der Waals surface area contributed by atoms with Crippen LogP contribution in [-0.2, 0) is 4.79 Å². The number of rotatable bonds is 4. The maximum Gasteiger partial charge on any atom is 0.277 e. The second-order valence-electron chi connectivity index (χ2n) is 5.16. The van der Waals surface area contributed by atoms with Gasteiger partial charge in [0.15, 0.2) is 6.61 Å². The molecule has 1 N–H and O–H groups in total. The molecule has 4 nitrogen and oxygen atoms in total. The SMILES string of the molecule is CC1=C/C(=N/NC(=O)COc2ccc(C)c(C)c2)CC1. The number of amides is 1. The maximum absolute atomic E-state index is 11.6. The summed E-state index contributed by atoms with van der Waals surface area (Å²) in [5.41, 5.74) is 7.09. The molecule has 20 heavy (non-hydrogen) atoms. The van der Waals surface area contributed by atoms with Crippen molar-refractivity contribution in [3.05, 3.63) is 41.0 Å². The van der Waals surface area contributed by atoms with Gasteiger partial charge in [0.1, 0.15) is 5.75 Å². The lowest BCUT2D eigenvalue weighted by molar-refractivity contribution is -0.123. The van der Waals surface area contributed by atoms with Gasteiger partial charge >= 0.3 is 0 Å². The largest absolute Gasteiger partial charge is 0.484 e. The van der Waals surface area contributed by atoms with Crippen LogP contribution in [0.3, 0.4) is 0 Å². The van der Waals surface area contributed by atoms with E-state index in [0.29, 0.717) is 5.75 Å². The zero-order valence-electron chi connectivity index (χ0n) is 12.2. The predicted octanol–water partition coefficient (Wildman–Crippen LogP) is 2.89. The van der Waals surface area contributed by atoms with Crippen molar-refractivity contribution in [3.8, 4) is 5.75 Å². The Hall–Kier alpha value is -2.10. The molecule has 1 amide bonds. The zero-order chi connectivity index (χ0) is 14.5. The van der Waals surface area contributed by atoms with E-state index in [9.17, 15) is 4.79 Å². The van der Waals surface area contributed by atoms with Crippen molar-refractivity contribution < 1.29 is 9.53 Å². The fraction of sp³-hybridized carbons (Fsp3) is 0.375. The molecule has 0 fully saturated rings. The number of nitrogens with one attached hydrogen (secondary N) is 1. The molecule has 0 aliphatic heterocycles. The minimum atomic E-state index is -0.242. The molecular weight excluding hydrogens is 252 g/mol. The van der Waals surface area contributed by atoms with Crippen LogP contribution in [0.15, 0.2) is 34.9 Å². The minimum absolute atomic E-state index is 0.0258. The number of hydrogen-bond donors (Lipinski definition) is 1. The standard InChI is InChI=1S/C16H20N2O2/c1-11-4-6-14(8-11)17-18-16(19)10-20-15-7-5-12(2)13(3)9-15/h5,7-9H,4,6,10H2,1-3H3,(H,18,19)/b17-14+. The van der Waals surface area contributed by atoms with Gasteiger partial charge in [0, 0.05) is 0 Å². The van der Waals surface area contributed by atoms with Crippen LogP contribution in [0, 0.1) is 13.8 Å². The van der Waals surface area contributed by atoms with Crippen molar-refractivity contribution in [2.45, 2.75) is 33.6 Å². The first kappa shape index (κ1) is 14.3. The van der Waals surface area contributed by atoms with E-state index < -0.39 is 0 Å². The van der Waals surface area contributed by atoms with E-state index >= 15 is 0 Å². The third kappa shape index (κ3) is 3.95. The van der Waals surface area contributed by atoms with E-state index in [2.05, 4.69) is 17.5 Å². The van der Waals surface area contributed by atoms with Crippen LogP contribution in [0.1, 0.15) is 30.9 Å². The van der Waals surface area contributed by atoms with E-state index in [0.717, 1.165) is 24.1 Å². The van der Waals surface area contributed by atoms with E-state index in [-0.39, 0.29) is 12.5 Å². The highest BCUT2D eigenvalue weighted by Gasteiger charge is 2.08. The van der Waals surface area contributed by atoms with Crippen LogP contribution in [-0.4, -0.2) is 18.2 Å². The Balaban J connectivity index is 1.82. The summed E-state index contributed by atoms with van der Waals surface area (Å²) in [6.07, 6.45) is 3.92. The Labute approximate surface area is 119 Å². The first-order valence-electron chi connectivity index (χ1n) is 6.77. The average Bonchev–Trinajstić information content (AvgIpc) is 2.83. The van der Waals surface area contributed by atoms with Gasteiger partial charge in [0.25, 0.3) is 5.91 Å². The lowest BCUT2D eigenvalue weighted by Crippen LogP contribution is -2.25. The highest BCUT2D eigenvalue weighted by Crippen LogP contribution is 2.16. The van der Waals surface area contributed by atoms with Gasteiger partial charge in [-0.2, -0.15) is 5.10 Å². The molecule has 0 radical (unpaired) electrons. The van der Waals surface area contributed by atoms with E-state index in [1.807, 2.05) is 38.1 Å². The second-order valence-corrected chi connectivity index (χ2v) is 5.16. The van der Waals surface area contributed by atoms with Gasteiger partial charge in [-0.3, -0.25) is 4.79 Å². The van der Waals surface area contributed by atoms with Crippen LogP contribution in [0.4, 0.5) is 0 Å². The molecule has 0 saturated heterocycles. The van der Waals surface area contributed by atoms with Crippen molar-refractivity contribution in [1.29, 1.82) is 0 Å². The lowest BCUT2D eigenvalue weighted by Gasteiger charge is -2.07. The Morgan fingerprint density at radius 3 is 2.70 bits per heavy atom. The summed E-state index contributed by atoms with van der Waals surface area (Å²) < 4.78 is 5.44. The Morgan fingerprint density at radius 1 is 1.25 bits per heavy atom. The van der Waals surface area contributed by atoms with Crippen LogP contribution < -0.4 is 10.2 Å². The van der Waals surface area contributed by atoms with Crippen molar-refractivity contribution in [3.63, 3.8) is 0 Å². The zero-order valence-corrected chi connectivity index (χ0v) is 12.2. The molecule has 1 aliphatic rings. The number of nitrogens with zero attached hydrogens (tertiary/aromatic N) is 1. The monoisotopic (exact) mass is 272 g/mol. The molecule has 1 aromatic carbocycles. The van der Waals surface area contributed by atoms with Gasteiger partial charge in [0.2, 0.25) is 0 Å². The quantitative estimate of drug-likeness (QED) is 0.857. The molecular formula is C16H20N2O2. The topological polar surface area (TPSA) is 50.7 Å². The fourth-order valence-corrected chi connectivity index (χ4v) is 1.96. The number of hydrogen-bond acceptors (Lipinski definition) is 3. The molecule has 0 bridgehead atoms. The third-order valence-electron chi connectivity index (χ3n) is 3.36.